The smallest absolute Gasteiger partial charge is 0.146 e. The first-order chi connectivity index (χ1) is 8.72. The van der Waals surface area contributed by atoms with Crippen LogP contribution in [0.2, 0.25) is 0 Å². The van der Waals surface area contributed by atoms with E-state index in [1.165, 1.54) is 6.42 Å². The van der Waals surface area contributed by atoms with Crippen LogP contribution in [-0.2, 0) is 6.42 Å². The highest BCUT2D eigenvalue weighted by Gasteiger charge is 2.19. The number of nitrogens with zero attached hydrogens (tertiary/aromatic N) is 1. The maximum Gasteiger partial charge on any atom is 0.146 e. The van der Waals surface area contributed by atoms with Gasteiger partial charge in [0, 0.05) is 13.1 Å². The van der Waals surface area contributed by atoms with E-state index in [0.29, 0.717) is 6.54 Å². The van der Waals surface area contributed by atoms with Crippen molar-refractivity contribution >= 4 is 5.69 Å². The molecule has 0 amide bonds. The standard InChI is InChI=1S/C15H23FN2/c1-12-4-3-10-18(11-8-12)15-13(7-9-17)5-2-6-14(15)16/h2,5-6,12H,3-4,7-11,17H2,1H3. The zero-order valence-corrected chi connectivity index (χ0v) is 11.2. The molecular formula is C15H23FN2. The Balaban J connectivity index is 2.25. The SMILES string of the molecule is CC1CCCN(c2c(F)cccc2CCN)CC1. The number of benzene rings is 1. The second kappa shape index (κ2) is 6.19. The quantitative estimate of drug-likeness (QED) is 0.893. The Morgan fingerprint density at radius 3 is 2.94 bits per heavy atom. The summed E-state index contributed by atoms with van der Waals surface area (Å²) in [6.07, 6.45) is 4.30. The van der Waals surface area contributed by atoms with E-state index in [4.69, 9.17) is 5.73 Å². The molecule has 1 atom stereocenters. The molecule has 0 aromatic heterocycles. The highest BCUT2D eigenvalue weighted by molar-refractivity contribution is 5.55. The monoisotopic (exact) mass is 250 g/mol. The highest BCUT2D eigenvalue weighted by Crippen LogP contribution is 2.28. The summed E-state index contributed by atoms with van der Waals surface area (Å²) in [6.45, 7) is 4.77. The average molecular weight is 250 g/mol. The molecule has 1 aromatic carbocycles. The Bertz CT molecular complexity index is 392. The maximum absolute atomic E-state index is 14.1. The van der Waals surface area contributed by atoms with Gasteiger partial charge in [0.25, 0.3) is 0 Å². The molecule has 1 aromatic rings. The molecule has 2 rings (SSSR count). The van der Waals surface area contributed by atoms with Crippen LogP contribution in [0.1, 0.15) is 31.7 Å². The van der Waals surface area contributed by atoms with E-state index >= 15 is 0 Å². The predicted molar refractivity (Wildman–Crippen MR) is 74.4 cm³/mol. The summed E-state index contributed by atoms with van der Waals surface area (Å²) in [5.74, 6) is 0.648. The molecule has 100 valence electrons. The van der Waals surface area contributed by atoms with E-state index < -0.39 is 0 Å². The fourth-order valence-corrected chi connectivity index (χ4v) is 2.76. The van der Waals surface area contributed by atoms with Crippen LogP contribution in [0.4, 0.5) is 10.1 Å². The van der Waals surface area contributed by atoms with Gasteiger partial charge in [-0.15, -0.1) is 0 Å². The van der Waals surface area contributed by atoms with E-state index in [1.807, 2.05) is 6.07 Å². The first-order valence-electron chi connectivity index (χ1n) is 6.94. The molecule has 0 spiro atoms. The van der Waals surface area contributed by atoms with Gasteiger partial charge in [-0.05, 0) is 49.8 Å². The third-order valence-corrected chi connectivity index (χ3v) is 3.82. The second-order valence-corrected chi connectivity index (χ2v) is 5.31. The molecule has 1 saturated heterocycles. The van der Waals surface area contributed by atoms with Crippen LogP contribution in [0.5, 0.6) is 0 Å². The molecule has 1 unspecified atom stereocenters. The lowest BCUT2D eigenvalue weighted by molar-refractivity contribution is 0.520. The Hall–Kier alpha value is -1.09. The van der Waals surface area contributed by atoms with Gasteiger partial charge in [0.05, 0.1) is 5.69 Å². The van der Waals surface area contributed by atoms with Crippen molar-refractivity contribution in [1.29, 1.82) is 0 Å². The van der Waals surface area contributed by atoms with E-state index in [2.05, 4.69) is 11.8 Å². The molecule has 1 aliphatic rings. The van der Waals surface area contributed by atoms with Crippen molar-refractivity contribution in [2.75, 3.05) is 24.5 Å². The van der Waals surface area contributed by atoms with E-state index in [0.717, 1.165) is 49.5 Å². The minimum Gasteiger partial charge on any atom is -0.369 e. The molecule has 2 N–H and O–H groups in total. The van der Waals surface area contributed by atoms with Gasteiger partial charge in [0.15, 0.2) is 0 Å². The fourth-order valence-electron chi connectivity index (χ4n) is 2.76. The highest BCUT2D eigenvalue weighted by atomic mass is 19.1. The number of nitrogens with two attached hydrogens (primary N) is 1. The van der Waals surface area contributed by atoms with Gasteiger partial charge in [0.1, 0.15) is 5.82 Å². The van der Waals surface area contributed by atoms with Gasteiger partial charge in [-0.1, -0.05) is 19.1 Å². The number of hydrogen-bond donors (Lipinski definition) is 1. The van der Waals surface area contributed by atoms with E-state index in [-0.39, 0.29) is 5.82 Å². The van der Waals surface area contributed by atoms with E-state index in [9.17, 15) is 4.39 Å². The zero-order valence-electron chi connectivity index (χ0n) is 11.2. The van der Waals surface area contributed by atoms with Crippen molar-refractivity contribution < 1.29 is 4.39 Å². The maximum atomic E-state index is 14.1. The number of halogens is 1. The van der Waals surface area contributed by atoms with Crippen molar-refractivity contribution in [1.82, 2.24) is 0 Å². The molecule has 3 heteroatoms. The molecule has 1 fully saturated rings. The first-order valence-corrected chi connectivity index (χ1v) is 6.94. The number of para-hydroxylation sites is 1. The lowest BCUT2D eigenvalue weighted by atomic mass is 10.0. The van der Waals surface area contributed by atoms with Gasteiger partial charge >= 0.3 is 0 Å². The first kappa shape index (κ1) is 13.3. The van der Waals surface area contributed by atoms with Crippen molar-refractivity contribution in [3.8, 4) is 0 Å². The minimum absolute atomic E-state index is 0.101. The number of anilines is 1. The Morgan fingerprint density at radius 1 is 1.33 bits per heavy atom. The minimum atomic E-state index is -0.101. The molecule has 1 aliphatic heterocycles. The summed E-state index contributed by atoms with van der Waals surface area (Å²) in [6, 6.07) is 5.34. The zero-order chi connectivity index (χ0) is 13.0. The van der Waals surface area contributed by atoms with Crippen molar-refractivity contribution in [3.05, 3.63) is 29.6 Å². The van der Waals surface area contributed by atoms with Crippen LogP contribution in [0.15, 0.2) is 18.2 Å². The van der Waals surface area contributed by atoms with Gasteiger partial charge in [0.2, 0.25) is 0 Å². The van der Waals surface area contributed by atoms with Crippen LogP contribution in [-0.4, -0.2) is 19.6 Å². The van der Waals surface area contributed by atoms with E-state index in [1.54, 1.807) is 12.1 Å². The molecule has 0 aliphatic carbocycles. The molecule has 18 heavy (non-hydrogen) atoms. The lowest BCUT2D eigenvalue weighted by Crippen LogP contribution is -2.27. The molecule has 2 nitrogen and oxygen atoms in total. The third kappa shape index (κ3) is 3.02. The average Bonchev–Trinajstić information content (AvgIpc) is 2.55. The number of hydrogen-bond acceptors (Lipinski definition) is 2. The summed E-state index contributed by atoms with van der Waals surface area (Å²) >= 11 is 0. The van der Waals surface area contributed by atoms with Crippen molar-refractivity contribution in [3.63, 3.8) is 0 Å². The third-order valence-electron chi connectivity index (χ3n) is 3.82. The number of rotatable bonds is 3. The van der Waals surface area contributed by atoms with Crippen molar-refractivity contribution in [2.45, 2.75) is 32.6 Å². The molecule has 1 heterocycles. The largest absolute Gasteiger partial charge is 0.369 e. The summed E-state index contributed by atoms with van der Waals surface area (Å²) in [7, 11) is 0. The van der Waals surface area contributed by atoms with Gasteiger partial charge in [-0.2, -0.15) is 0 Å². The molecule has 0 saturated carbocycles. The Labute approximate surface area is 109 Å². The van der Waals surface area contributed by atoms with Gasteiger partial charge < -0.3 is 10.6 Å². The second-order valence-electron chi connectivity index (χ2n) is 5.31. The summed E-state index contributed by atoms with van der Waals surface area (Å²) in [5, 5.41) is 0. The van der Waals surface area contributed by atoms with Gasteiger partial charge in [-0.25, -0.2) is 4.39 Å². The van der Waals surface area contributed by atoms with Crippen LogP contribution < -0.4 is 10.6 Å². The Kier molecular flexibility index (Phi) is 4.59. The lowest BCUT2D eigenvalue weighted by Gasteiger charge is -2.26. The fraction of sp³-hybridized carbons (Fsp3) is 0.600. The predicted octanol–water partition coefficient (Wildman–Crippen LogP) is 2.95. The molecular weight excluding hydrogens is 227 g/mol. The van der Waals surface area contributed by atoms with Crippen LogP contribution >= 0.6 is 0 Å². The van der Waals surface area contributed by atoms with Gasteiger partial charge in [-0.3, -0.25) is 0 Å². The summed E-state index contributed by atoms with van der Waals surface area (Å²) in [4.78, 5) is 2.21. The summed E-state index contributed by atoms with van der Waals surface area (Å²) < 4.78 is 14.1. The molecule has 0 radical (unpaired) electrons. The topological polar surface area (TPSA) is 29.3 Å². The summed E-state index contributed by atoms with van der Waals surface area (Å²) in [5.41, 5.74) is 7.46. The molecule has 0 bridgehead atoms. The normalized spacial score (nSPS) is 20.8. The Morgan fingerprint density at radius 2 is 2.17 bits per heavy atom. The van der Waals surface area contributed by atoms with Crippen LogP contribution in [0.25, 0.3) is 0 Å². The van der Waals surface area contributed by atoms with Crippen molar-refractivity contribution in [2.24, 2.45) is 11.7 Å². The van der Waals surface area contributed by atoms with Crippen LogP contribution in [0, 0.1) is 11.7 Å². The van der Waals surface area contributed by atoms with Crippen LogP contribution in [0.3, 0.4) is 0 Å².